The van der Waals surface area contributed by atoms with Crippen LogP contribution in [0.5, 0.6) is 0 Å². The highest BCUT2D eigenvalue weighted by Crippen LogP contribution is 2.19. The molecule has 0 fully saturated rings. The van der Waals surface area contributed by atoms with Crippen LogP contribution in [-0.4, -0.2) is 24.0 Å². The van der Waals surface area contributed by atoms with Gasteiger partial charge in [-0.2, -0.15) is 0 Å². The van der Waals surface area contributed by atoms with Gasteiger partial charge in [0.05, 0.1) is 5.92 Å². The van der Waals surface area contributed by atoms with Crippen molar-refractivity contribution >= 4 is 11.9 Å². The Kier molecular flexibility index (Phi) is 5.92. The van der Waals surface area contributed by atoms with Crippen LogP contribution in [0.15, 0.2) is 0 Å². The number of carbonyl (C=O) groups is 2. The van der Waals surface area contributed by atoms with E-state index in [-0.39, 0.29) is 17.7 Å². The minimum Gasteiger partial charge on any atom is -0.481 e. The standard InChI is InChI=1S/C10H19NO3/c1-4-8(6-9(12)11-3)5-7(2)10(13)14/h7-8H,4-6H2,1-3H3,(H,11,12)(H,13,14). The first-order valence-corrected chi connectivity index (χ1v) is 4.94. The molecule has 0 bridgehead atoms. The lowest BCUT2D eigenvalue weighted by Gasteiger charge is -2.16. The van der Waals surface area contributed by atoms with E-state index in [9.17, 15) is 9.59 Å². The molecule has 0 spiro atoms. The van der Waals surface area contributed by atoms with E-state index in [1.807, 2.05) is 6.92 Å². The smallest absolute Gasteiger partial charge is 0.306 e. The molecule has 2 atom stereocenters. The number of hydrogen-bond donors (Lipinski definition) is 2. The Labute approximate surface area is 84.7 Å². The zero-order valence-corrected chi connectivity index (χ0v) is 9.04. The fourth-order valence-corrected chi connectivity index (χ4v) is 1.36. The van der Waals surface area contributed by atoms with Crippen molar-refractivity contribution in [1.29, 1.82) is 0 Å². The molecule has 4 heteroatoms. The average molecular weight is 201 g/mol. The van der Waals surface area contributed by atoms with Gasteiger partial charge in [0.15, 0.2) is 0 Å². The normalized spacial score (nSPS) is 14.5. The Morgan fingerprint density at radius 2 is 2.00 bits per heavy atom. The van der Waals surface area contributed by atoms with Gasteiger partial charge in [0.1, 0.15) is 0 Å². The second-order valence-electron chi connectivity index (χ2n) is 3.63. The zero-order chi connectivity index (χ0) is 11.1. The number of rotatable bonds is 6. The summed E-state index contributed by atoms with van der Waals surface area (Å²) in [6.07, 6.45) is 1.83. The number of amides is 1. The van der Waals surface area contributed by atoms with Gasteiger partial charge in [0, 0.05) is 13.5 Å². The summed E-state index contributed by atoms with van der Waals surface area (Å²) in [5.41, 5.74) is 0. The zero-order valence-electron chi connectivity index (χ0n) is 9.04. The van der Waals surface area contributed by atoms with Gasteiger partial charge in [-0.25, -0.2) is 0 Å². The van der Waals surface area contributed by atoms with Crippen LogP contribution in [0.2, 0.25) is 0 Å². The first-order chi connectivity index (χ1) is 6.51. The lowest BCUT2D eigenvalue weighted by Crippen LogP contribution is -2.23. The summed E-state index contributed by atoms with van der Waals surface area (Å²) in [6.45, 7) is 3.65. The van der Waals surface area contributed by atoms with Gasteiger partial charge in [-0.3, -0.25) is 9.59 Å². The van der Waals surface area contributed by atoms with Crippen LogP contribution in [0, 0.1) is 11.8 Å². The molecular formula is C10H19NO3. The van der Waals surface area contributed by atoms with Crippen LogP contribution in [0.1, 0.15) is 33.1 Å². The fraction of sp³-hybridized carbons (Fsp3) is 0.800. The Hall–Kier alpha value is -1.06. The lowest BCUT2D eigenvalue weighted by atomic mass is 9.91. The van der Waals surface area contributed by atoms with Crippen LogP contribution < -0.4 is 5.32 Å². The molecule has 14 heavy (non-hydrogen) atoms. The highest BCUT2D eigenvalue weighted by Gasteiger charge is 2.18. The van der Waals surface area contributed by atoms with E-state index in [4.69, 9.17) is 5.11 Å². The van der Waals surface area contributed by atoms with E-state index < -0.39 is 5.97 Å². The number of carboxylic acids is 1. The van der Waals surface area contributed by atoms with Crippen molar-refractivity contribution in [2.45, 2.75) is 33.1 Å². The van der Waals surface area contributed by atoms with Gasteiger partial charge in [0.2, 0.25) is 5.91 Å². The molecule has 2 N–H and O–H groups in total. The van der Waals surface area contributed by atoms with E-state index in [2.05, 4.69) is 5.32 Å². The van der Waals surface area contributed by atoms with Crippen LogP contribution in [-0.2, 0) is 9.59 Å². The fourth-order valence-electron chi connectivity index (χ4n) is 1.36. The number of carbonyl (C=O) groups excluding carboxylic acids is 1. The molecule has 0 aliphatic rings. The summed E-state index contributed by atoms with van der Waals surface area (Å²) < 4.78 is 0. The Bertz CT molecular complexity index is 204. The van der Waals surface area contributed by atoms with Crippen molar-refractivity contribution in [3.63, 3.8) is 0 Å². The largest absolute Gasteiger partial charge is 0.481 e. The predicted molar refractivity (Wildman–Crippen MR) is 53.9 cm³/mol. The predicted octanol–water partition coefficient (Wildman–Crippen LogP) is 1.26. The number of aliphatic carboxylic acids is 1. The van der Waals surface area contributed by atoms with Gasteiger partial charge in [0.25, 0.3) is 0 Å². The summed E-state index contributed by atoms with van der Waals surface area (Å²) in [5.74, 6) is -1.01. The summed E-state index contributed by atoms with van der Waals surface area (Å²) >= 11 is 0. The quantitative estimate of drug-likeness (QED) is 0.680. The van der Waals surface area contributed by atoms with E-state index in [0.29, 0.717) is 12.8 Å². The van der Waals surface area contributed by atoms with E-state index in [1.54, 1.807) is 14.0 Å². The topological polar surface area (TPSA) is 66.4 Å². The molecule has 0 rings (SSSR count). The van der Waals surface area contributed by atoms with Crippen LogP contribution in [0.4, 0.5) is 0 Å². The summed E-state index contributed by atoms with van der Waals surface area (Å²) in [5, 5.41) is 11.3. The van der Waals surface area contributed by atoms with Crippen molar-refractivity contribution in [3.8, 4) is 0 Å². The van der Waals surface area contributed by atoms with E-state index in [1.165, 1.54) is 0 Å². The maximum absolute atomic E-state index is 11.1. The molecule has 2 unspecified atom stereocenters. The van der Waals surface area contributed by atoms with Gasteiger partial charge in [-0.15, -0.1) is 0 Å². The van der Waals surface area contributed by atoms with Crippen molar-refractivity contribution < 1.29 is 14.7 Å². The third kappa shape index (κ3) is 4.84. The van der Waals surface area contributed by atoms with E-state index >= 15 is 0 Å². The first kappa shape index (κ1) is 12.9. The van der Waals surface area contributed by atoms with Gasteiger partial charge < -0.3 is 10.4 Å². The van der Waals surface area contributed by atoms with Crippen LogP contribution in [0.3, 0.4) is 0 Å². The molecule has 4 nitrogen and oxygen atoms in total. The second kappa shape index (κ2) is 6.40. The number of nitrogens with one attached hydrogen (secondary N) is 1. The van der Waals surface area contributed by atoms with Crippen molar-refractivity contribution in [3.05, 3.63) is 0 Å². The van der Waals surface area contributed by atoms with Gasteiger partial charge in [-0.05, 0) is 12.3 Å². The summed E-state index contributed by atoms with van der Waals surface area (Å²) in [6, 6.07) is 0. The molecule has 0 aliphatic carbocycles. The highest BCUT2D eigenvalue weighted by atomic mass is 16.4. The molecule has 0 saturated carbocycles. The second-order valence-corrected chi connectivity index (χ2v) is 3.63. The molecule has 0 heterocycles. The Morgan fingerprint density at radius 1 is 1.43 bits per heavy atom. The molecule has 0 aromatic carbocycles. The van der Waals surface area contributed by atoms with Crippen molar-refractivity contribution in [2.75, 3.05) is 7.05 Å². The van der Waals surface area contributed by atoms with E-state index in [0.717, 1.165) is 6.42 Å². The Balaban J connectivity index is 4.02. The minimum absolute atomic E-state index is 0.0190. The SMILES string of the molecule is CCC(CC(=O)NC)CC(C)C(=O)O. The minimum atomic E-state index is -0.791. The third-order valence-corrected chi connectivity index (χ3v) is 2.44. The van der Waals surface area contributed by atoms with Crippen molar-refractivity contribution in [2.24, 2.45) is 11.8 Å². The molecule has 0 aromatic heterocycles. The lowest BCUT2D eigenvalue weighted by molar-refractivity contribution is -0.142. The molecule has 82 valence electrons. The number of carboxylic acid groups (broad SMARTS) is 1. The third-order valence-electron chi connectivity index (χ3n) is 2.44. The highest BCUT2D eigenvalue weighted by molar-refractivity contribution is 5.76. The Morgan fingerprint density at radius 3 is 2.36 bits per heavy atom. The molecular weight excluding hydrogens is 182 g/mol. The summed E-state index contributed by atoms with van der Waals surface area (Å²) in [7, 11) is 1.59. The summed E-state index contributed by atoms with van der Waals surface area (Å²) in [4.78, 5) is 21.7. The first-order valence-electron chi connectivity index (χ1n) is 4.94. The molecule has 1 amide bonds. The molecule has 0 aliphatic heterocycles. The molecule has 0 radical (unpaired) electrons. The maximum atomic E-state index is 11.1. The van der Waals surface area contributed by atoms with Crippen LogP contribution >= 0.6 is 0 Å². The van der Waals surface area contributed by atoms with Crippen LogP contribution in [0.25, 0.3) is 0 Å². The average Bonchev–Trinajstić information content (AvgIpc) is 2.16. The van der Waals surface area contributed by atoms with Gasteiger partial charge >= 0.3 is 5.97 Å². The monoisotopic (exact) mass is 201 g/mol. The molecule has 0 saturated heterocycles. The maximum Gasteiger partial charge on any atom is 0.306 e. The number of hydrogen-bond acceptors (Lipinski definition) is 2. The van der Waals surface area contributed by atoms with Gasteiger partial charge in [-0.1, -0.05) is 20.3 Å². The van der Waals surface area contributed by atoms with Crippen molar-refractivity contribution in [1.82, 2.24) is 5.32 Å². The molecule has 0 aromatic rings.